The molecule has 9 nitrogen and oxygen atoms in total. The van der Waals surface area contributed by atoms with Gasteiger partial charge in [0.05, 0.1) is 12.3 Å². The van der Waals surface area contributed by atoms with Gasteiger partial charge in [0.2, 0.25) is 0 Å². The van der Waals surface area contributed by atoms with Crippen LogP contribution < -0.4 is 25.0 Å². The molecule has 0 atom stereocenters. The van der Waals surface area contributed by atoms with E-state index in [1.54, 1.807) is 61.5 Å². The van der Waals surface area contributed by atoms with E-state index in [1.807, 2.05) is 19.1 Å². The molecule has 0 aliphatic carbocycles. The summed E-state index contributed by atoms with van der Waals surface area (Å²) in [5.74, 6) is -1.26. The minimum atomic E-state index is -0.831. The molecule has 3 aromatic carbocycles. The van der Waals surface area contributed by atoms with E-state index in [0.29, 0.717) is 35.0 Å². The van der Waals surface area contributed by atoms with Gasteiger partial charge in [-0.2, -0.15) is 0 Å². The largest absolute Gasteiger partial charge is 0.490 e. The van der Waals surface area contributed by atoms with Crippen LogP contribution in [0, 0.1) is 6.92 Å². The van der Waals surface area contributed by atoms with Crippen LogP contribution in [-0.4, -0.2) is 37.0 Å². The second-order valence-electron chi connectivity index (χ2n) is 8.28. The fraction of sp³-hybridized carbons (Fsp3) is 0.143. The molecule has 10 heteroatoms. The van der Waals surface area contributed by atoms with Crippen LogP contribution >= 0.6 is 15.9 Å². The molecule has 0 spiro atoms. The summed E-state index contributed by atoms with van der Waals surface area (Å²) in [7, 11) is 0. The molecule has 0 aromatic heterocycles. The van der Waals surface area contributed by atoms with Crippen molar-refractivity contribution in [3.05, 3.63) is 87.9 Å². The Morgan fingerprint density at radius 1 is 0.974 bits per heavy atom. The number of amides is 5. The SMILES string of the molecule is CCOc1cc(/C=C2\C(=O)NC(=O)N(c3ccc(Br)cc3)C2=O)ccc1OCC(=O)Nc1ccc(C)cc1. The fourth-order valence-electron chi connectivity index (χ4n) is 3.63. The maximum absolute atomic E-state index is 13.1. The molecule has 1 heterocycles. The summed E-state index contributed by atoms with van der Waals surface area (Å²) in [4.78, 5) is 51.3. The number of urea groups is 1. The first kappa shape index (κ1) is 26.6. The first-order valence-corrected chi connectivity index (χ1v) is 12.5. The zero-order valence-electron chi connectivity index (χ0n) is 20.6. The van der Waals surface area contributed by atoms with Crippen LogP contribution in [0.25, 0.3) is 6.08 Å². The fourth-order valence-corrected chi connectivity index (χ4v) is 3.89. The first-order chi connectivity index (χ1) is 18.2. The van der Waals surface area contributed by atoms with E-state index in [4.69, 9.17) is 9.47 Å². The molecule has 0 unspecified atom stereocenters. The van der Waals surface area contributed by atoms with E-state index in [1.165, 1.54) is 6.08 Å². The second-order valence-corrected chi connectivity index (χ2v) is 9.19. The molecule has 0 bridgehead atoms. The third-order valence-corrected chi connectivity index (χ3v) is 5.99. The highest BCUT2D eigenvalue weighted by Crippen LogP contribution is 2.30. The van der Waals surface area contributed by atoms with Gasteiger partial charge in [0.1, 0.15) is 5.57 Å². The van der Waals surface area contributed by atoms with Crippen molar-refractivity contribution in [2.75, 3.05) is 23.4 Å². The summed E-state index contributed by atoms with van der Waals surface area (Å²) in [5, 5.41) is 4.96. The molecular weight excluding hydrogens is 554 g/mol. The van der Waals surface area contributed by atoms with Crippen molar-refractivity contribution in [1.82, 2.24) is 5.32 Å². The lowest BCUT2D eigenvalue weighted by Gasteiger charge is -2.26. The smallest absolute Gasteiger partial charge is 0.335 e. The zero-order valence-corrected chi connectivity index (χ0v) is 22.2. The highest BCUT2D eigenvalue weighted by Gasteiger charge is 2.36. The van der Waals surface area contributed by atoms with E-state index in [-0.39, 0.29) is 18.1 Å². The summed E-state index contributed by atoms with van der Waals surface area (Å²) < 4.78 is 12.1. The first-order valence-electron chi connectivity index (χ1n) is 11.7. The number of nitrogens with one attached hydrogen (secondary N) is 2. The number of carbonyl (C=O) groups is 4. The Labute approximate surface area is 227 Å². The lowest BCUT2D eigenvalue weighted by atomic mass is 10.1. The van der Waals surface area contributed by atoms with Crippen LogP contribution in [0.3, 0.4) is 0 Å². The summed E-state index contributed by atoms with van der Waals surface area (Å²) in [6.45, 7) is 3.81. The third kappa shape index (κ3) is 6.27. The molecule has 0 radical (unpaired) electrons. The van der Waals surface area contributed by atoms with Crippen molar-refractivity contribution < 1.29 is 28.7 Å². The Morgan fingerprint density at radius 2 is 1.68 bits per heavy atom. The molecular formula is C28H24BrN3O6. The average Bonchev–Trinajstić information content (AvgIpc) is 2.88. The Morgan fingerprint density at radius 3 is 2.37 bits per heavy atom. The molecule has 0 saturated carbocycles. The minimum Gasteiger partial charge on any atom is -0.490 e. The van der Waals surface area contributed by atoms with Crippen molar-refractivity contribution in [2.24, 2.45) is 0 Å². The van der Waals surface area contributed by atoms with Gasteiger partial charge >= 0.3 is 6.03 Å². The number of barbiturate groups is 1. The van der Waals surface area contributed by atoms with Crippen molar-refractivity contribution >= 4 is 57.1 Å². The molecule has 38 heavy (non-hydrogen) atoms. The Balaban J connectivity index is 1.52. The van der Waals surface area contributed by atoms with Crippen LogP contribution in [0.2, 0.25) is 0 Å². The summed E-state index contributed by atoms with van der Waals surface area (Å²) >= 11 is 3.31. The van der Waals surface area contributed by atoms with Gasteiger partial charge in [-0.15, -0.1) is 0 Å². The maximum Gasteiger partial charge on any atom is 0.335 e. The molecule has 5 amide bonds. The Hall–Kier alpha value is -4.44. The van der Waals surface area contributed by atoms with Gasteiger partial charge in [-0.1, -0.05) is 39.7 Å². The summed E-state index contributed by atoms with van der Waals surface area (Å²) in [5.41, 5.74) is 2.30. The van der Waals surface area contributed by atoms with Crippen LogP contribution in [0.4, 0.5) is 16.2 Å². The quantitative estimate of drug-likeness (QED) is 0.292. The molecule has 1 aliphatic heterocycles. The summed E-state index contributed by atoms with van der Waals surface area (Å²) in [6, 6.07) is 17.9. The topological polar surface area (TPSA) is 114 Å². The van der Waals surface area contributed by atoms with E-state index in [9.17, 15) is 19.2 Å². The molecule has 1 fully saturated rings. The third-order valence-electron chi connectivity index (χ3n) is 5.46. The van der Waals surface area contributed by atoms with Gasteiger partial charge in [0, 0.05) is 10.2 Å². The predicted octanol–water partition coefficient (Wildman–Crippen LogP) is 4.84. The second kappa shape index (κ2) is 11.7. The lowest BCUT2D eigenvalue weighted by molar-refractivity contribution is -0.122. The van der Waals surface area contributed by atoms with Crippen LogP contribution in [0.1, 0.15) is 18.1 Å². The van der Waals surface area contributed by atoms with Crippen LogP contribution in [0.15, 0.2) is 76.8 Å². The van der Waals surface area contributed by atoms with Gasteiger partial charge in [-0.05, 0) is 74.0 Å². The number of hydrogen-bond donors (Lipinski definition) is 2. The van der Waals surface area contributed by atoms with Gasteiger partial charge in [0.25, 0.3) is 17.7 Å². The molecule has 4 rings (SSSR count). The van der Waals surface area contributed by atoms with Gasteiger partial charge in [0.15, 0.2) is 18.1 Å². The number of ether oxygens (including phenoxy) is 2. The average molecular weight is 578 g/mol. The monoisotopic (exact) mass is 577 g/mol. The minimum absolute atomic E-state index is 0.221. The molecule has 1 saturated heterocycles. The van der Waals surface area contributed by atoms with E-state index < -0.39 is 17.8 Å². The number of rotatable bonds is 8. The van der Waals surface area contributed by atoms with Crippen molar-refractivity contribution in [3.63, 3.8) is 0 Å². The zero-order chi connectivity index (χ0) is 27.2. The van der Waals surface area contributed by atoms with Gasteiger partial charge < -0.3 is 14.8 Å². The summed E-state index contributed by atoms with van der Waals surface area (Å²) in [6.07, 6.45) is 1.37. The van der Waals surface area contributed by atoms with Gasteiger partial charge in [-0.3, -0.25) is 19.7 Å². The number of imide groups is 2. The number of halogens is 1. The predicted molar refractivity (Wildman–Crippen MR) is 146 cm³/mol. The number of hydrogen-bond acceptors (Lipinski definition) is 6. The number of carbonyl (C=O) groups excluding carboxylic acids is 4. The standard InChI is InChI=1S/C28H24BrN3O6/c1-3-37-24-15-18(6-13-23(24)38-16-25(33)30-20-9-4-17(2)5-10-20)14-22-26(34)31-28(36)32(27(22)35)21-11-7-19(29)8-12-21/h4-15H,3,16H2,1-2H3,(H,30,33)(H,31,34,36)/b22-14+. The number of aryl methyl sites for hydroxylation is 1. The number of nitrogens with zero attached hydrogens (tertiary/aromatic N) is 1. The lowest BCUT2D eigenvalue weighted by Crippen LogP contribution is -2.54. The number of anilines is 2. The van der Waals surface area contributed by atoms with Crippen LogP contribution in [0.5, 0.6) is 11.5 Å². The molecule has 3 aromatic rings. The van der Waals surface area contributed by atoms with Crippen molar-refractivity contribution in [2.45, 2.75) is 13.8 Å². The Bertz CT molecular complexity index is 1420. The van der Waals surface area contributed by atoms with E-state index in [2.05, 4.69) is 26.6 Å². The molecule has 1 aliphatic rings. The van der Waals surface area contributed by atoms with Gasteiger partial charge in [-0.25, -0.2) is 9.69 Å². The Kier molecular flexibility index (Phi) is 8.22. The molecule has 194 valence electrons. The highest BCUT2D eigenvalue weighted by atomic mass is 79.9. The van der Waals surface area contributed by atoms with E-state index in [0.717, 1.165) is 14.9 Å². The van der Waals surface area contributed by atoms with Crippen LogP contribution in [-0.2, 0) is 14.4 Å². The van der Waals surface area contributed by atoms with E-state index >= 15 is 0 Å². The maximum atomic E-state index is 13.1. The van der Waals surface area contributed by atoms with Crippen molar-refractivity contribution in [1.29, 1.82) is 0 Å². The van der Waals surface area contributed by atoms with Crippen molar-refractivity contribution in [3.8, 4) is 11.5 Å². The molecule has 2 N–H and O–H groups in total. The number of benzene rings is 3. The highest BCUT2D eigenvalue weighted by molar-refractivity contribution is 9.10. The normalized spacial score (nSPS) is 14.3.